The van der Waals surface area contributed by atoms with Gasteiger partial charge in [-0.15, -0.1) is 21.5 Å². The molecule has 1 amide bonds. The van der Waals surface area contributed by atoms with Crippen LogP contribution >= 0.6 is 34.4 Å². The van der Waals surface area contributed by atoms with E-state index in [2.05, 4.69) is 27.5 Å². The molecule has 1 aliphatic rings. The predicted molar refractivity (Wildman–Crippen MR) is 113 cm³/mol. The Balaban J connectivity index is 1.45. The van der Waals surface area contributed by atoms with E-state index >= 15 is 0 Å². The summed E-state index contributed by atoms with van der Waals surface area (Å²) in [5, 5.41) is 20.4. The molecule has 0 saturated carbocycles. The minimum absolute atomic E-state index is 0.0526. The van der Waals surface area contributed by atoms with Crippen molar-refractivity contribution in [1.82, 2.24) is 15.2 Å². The maximum absolute atomic E-state index is 12.9. The smallest absolute Gasteiger partial charge is 0.253 e. The number of anilines is 1. The number of amides is 1. The van der Waals surface area contributed by atoms with Crippen LogP contribution in [0.4, 0.5) is 5.13 Å². The third-order valence-corrected chi connectivity index (χ3v) is 7.07. The third kappa shape index (κ3) is 4.29. The number of nitrogens with zero attached hydrogens (tertiary/aromatic N) is 4. The molecule has 0 fully saturated rings. The summed E-state index contributed by atoms with van der Waals surface area (Å²) in [6.45, 7) is 2.96. The van der Waals surface area contributed by atoms with Crippen LogP contribution in [-0.4, -0.2) is 39.1 Å². The SMILES string of the molecule is CCCNc1nnc(SCC(=O)N2N=C(c3ccco3)C[C@@H]2c2cccs2)s1. The molecule has 4 heterocycles. The first kappa shape index (κ1) is 19.2. The van der Waals surface area contributed by atoms with Gasteiger partial charge < -0.3 is 9.73 Å². The second-order valence-electron chi connectivity index (χ2n) is 6.09. The van der Waals surface area contributed by atoms with Gasteiger partial charge in [0.05, 0.1) is 18.1 Å². The van der Waals surface area contributed by atoms with Gasteiger partial charge in [-0.1, -0.05) is 36.1 Å². The zero-order valence-electron chi connectivity index (χ0n) is 15.2. The molecule has 3 aromatic rings. The predicted octanol–water partition coefficient (Wildman–Crippen LogP) is 4.48. The number of carbonyl (C=O) groups excluding carboxylic acids is 1. The van der Waals surface area contributed by atoms with Crippen molar-refractivity contribution in [3.05, 3.63) is 46.5 Å². The molecule has 0 aromatic carbocycles. The third-order valence-electron chi connectivity index (χ3n) is 4.09. The number of hydrogen-bond acceptors (Lipinski definition) is 9. The van der Waals surface area contributed by atoms with Crippen LogP contribution in [0.2, 0.25) is 0 Å². The molecule has 0 radical (unpaired) electrons. The number of furan rings is 1. The Morgan fingerprint density at radius 2 is 2.32 bits per heavy atom. The average molecular weight is 434 g/mol. The Hall–Kier alpha value is -2.17. The first-order valence-corrected chi connectivity index (χ1v) is 11.6. The van der Waals surface area contributed by atoms with Gasteiger partial charge in [-0.25, -0.2) is 5.01 Å². The molecule has 3 aromatic heterocycles. The van der Waals surface area contributed by atoms with E-state index in [1.54, 1.807) is 22.6 Å². The Labute approximate surface area is 174 Å². The second-order valence-corrected chi connectivity index (χ2v) is 9.27. The maximum atomic E-state index is 12.9. The topological polar surface area (TPSA) is 83.6 Å². The lowest BCUT2D eigenvalue weighted by Gasteiger charge is -2.20. The maximum Gasteiger partial charge on any atom is 0.253 e. The number of carbonyl (C=O) groups is 1. The molecule has 0 aliphatic carbocycles. The Morgan fingerprint density at radius 1 is 1.39 bits per heavy atom. The zero-order chi connectivity index (χ0) is 19.3. The molecule has 1 N–H and O–H groups in total. The van der Waals surface area contributed by atoms with E-state index in [9.17, 15) is 4.79 Å². The minimum atomic E-state index is -0.0931. The molecule has 0 saturated heterocycles. The molecule has 10 heteroatoms. The number of thioether (sulfide) groups is 1. The Kier molecular flexibility index (Phi) is 6.08. The van der Waals surface area contributed by atoms with Gasteiger partial charge in [-0.3, -0.25) is 4.79 Å². The van der Waals surface area contributed by atoms with Crippen molar-refractivity contribution >= 4 is 51.2 Å². The average Bonchev–Trinajstić information content (AvgIpc) is 3.48. The summed E-state index contributed by atoms with van der Waals surface area (Å²) in [6, 6.07) is 7.65. The van der Waals surface area contributed by atoms with E-state index in [1.165, 1.54) is 23.1 Å². The quantitative estimate of drug-likeness (QED) is 0.527. The van der Waals surface area contributed by atoms with Gasteiger partial charge in [0.2, 0.25) is 5.13 Å². The van der Waals surface area contributed by atoms with Crippen LogP contribution in [0, 0.1) is 0 Å². The molecule has 28 heavy (non-hydrogen) atoms. The van der Waals surface area contributed by atoms with Crippen LogP contribution in [-0.2, 0) is 4.79 Å². The summed E-state index contributed by atoms with van der Waals surface area (Å²) in [5.74, 6) is 0.919. The van der Waals surface area contributed by atoms with Crippen LogP contribution < -0.4 is 5.32 Å². The van der Waals surface area contributed by atoms with Crippen molar-refractivity contribution in [2.24, 2.45) is 5.10 Å². The molecule has 7 nitrogen and oxygen atoms in total. The summed E-state index contributed by atoms with van der Waals surface area (Å²) in [6.07, 6.45) is 3.29. The highest BCUT2D eigenvalue weighted by atomic mass is 32.2. The van der Waals surface area contributed by atoms with Crippen molar-refractivity contribution in [3.8, 4) is 0 Å². The van der Waals surface area contributed by atoms with E-state index in [4.69, 9.17) is 4.42 Å². The normalized spacial score (nSPS) is 16.4. The van der Waals surface area contributed by atoms with Gasteiger partial charge in [0.15, 0.2) is 4.34 Å². The number of nitrogens with one attached hydrogen (secondary N) is 1. The summed E-state index contributed by atoms with van der Waals surface area (Å²) < 4.78 is 6.25. The summed E-state index contributed by atoms with van der Waals surface area (Å²) in [5.41, 5.74) is 0.795. The van der Waals surface area contributed by atoms with E-state index in [0.29, 0.717) is 12.2 Å². The van der Waals surface area contributed by atoms with Crippen LogP contribution in [0.5, 0.6) is 0 Å². The lowest BCUT2D eigenvalue weighted by molar-refractivity contribution is -0.130. The van der Waals surface area contributed by atoms with Crippen LogP contribution in [0.3, 0.4) is 0 Å². The van der Waals surface area contributed by atoms with Gasteiger partial charge in [0.1, 0.15) is 11.5 Å². The molecule has 146 valence electrons. The number of hydrogen-bond donors (Lipinski definition) is 1. The number of thiophene rings is 1. The second kappa shape index (κ2) is 8.89. The first-order valence-electron chi connectivity index (χ1n) is 8.91. The van der Waals surface area contributed by atoms with Crippen molar-refractivity contribution in [1.29, 1.82) is 0 Å². The van der Waals surface area contributed by atoms with Crippen molar-refractivity contribution in [2.45, 2.75) is 30.1 Å². The molecular formula is C18H19N5O2S3. The van der Waals surface area contributed by atoms with Gasteiger partial charge in [-0.05, 0) is 30.0 Å². The van der Waals surface area contributed by atoms with E-state index < -0.39 is 0 Å². The Bertz CT molecular complexity index is 937. The molecule has 1 atom stereocenters. The van der Waals surface area contributed by atoms with Crippen LogP contribution in [0.15, 0.2) is 49.8 Å². The van der Waals surface area contributed by atoms with Crippen molar-refractivity contribution in [2.75, 3.05) is 17.6 Å². The number of hydrazone groups is 1. The van der Waals surface area contributed by atoms with Gasteiger partial charge in [0.25, 0.3) is 5.91 Å². The molecule has 0 spiro atoms. The monoisotopic (exact) mass is 433 g/mol. The highest BCUT2D eigenvalue weighted by Crippen LogP contribution is 2.36. The molecule has 1 aliphatic heterocycles. The molecule has 0 unspecified atom stereocenters. The number of aromatic nitrogens is 2. The van der Waals surface area contributed by atoms with Gasteiger partial charge in [0, 0.05) is 17.8 Å². The minimum Gasteiger partial charge on any atom is -0.463 e. The summed E-state index contributed by atoms with van der Waals surface area (Å²) in [4.78, 5) is 14.0. The number of rotatable bonds is 8. The molecule has 4 rings (SSSR count). The fourth-order valence-corrected chi connectivity index (χ4v) is 5.24. The Morgan fingerprint density at radius 3 is 3.07 bits per heavy atom. The van der Waals surface area contributed by atoms with Crippen molar-refractivity contribution < 1.29 is 9.21 Å². The van der Waals surface area contributed by atoms with Gasteiger partial charge >= 0.3 is 0 Å². The van der Waals surface area contributed by atoms with Crippen LogP contribution in [0.1, 0.15) is 36.4 Å². The lowest BCUT2D eigenvalue weighted by Crippen LogP contribution is -2.28. The largest absolute Gasteiger partial charge is 0.463 e. The highest BCUT2D eigenvalue weighted by Gasteiger charge is 2.34. The first-order chi connectivity index (χ1) is 13.7. The molecular weight excluding hydrogens is 414 g/mol. The van der Waals surface area contributed by atoms with E-state index in [-0.39, 0.29) is 17.7 Å². The van der Waals surface area contributed by atoms with Crippen molar-refractivity contribution in [3.63, 3.8) is 0 Å². The summed E-state index contributed by atoms with van der Waals surface area (Å²) >= 11 is 4.49. The summed E-state index contributed by atoms with van der Waals surface area (Å²) in [7, 11) is 0. The molecule has 0 bridgehead atoms. The van der Waals surface area contributed by atoms with Crippen LogP contribution in [0.25, 0.3) is 0 Å². The lowest BCUT2D eigenvalue weighted by atomic mass is 10.1. The fourth-order valence-electron chi connectivity index (χ4n) is 2.80. The van der Waals surface area contributed by atoms with E-state index in [0.717, 1.165) is 33.0 Å². The standard InChI is InChI=1S/C18H19N5O2S3/c1-2-7-19-17-20-21-18(28-17)27-11-16(24)23-13(15-6-4-9-26-15)10-12(22-23)14-5-3-8-25-14/h3-6,8-9,13H,2,7,10-11H2,1H3,(H,19,20)/t13-/m1/s1. The van der Waals surface area contributed by atoms with Gasteiger partial charge in [-0.2, -0.15) is 5.10 Å². The highest BCUT2D eigenvalue weighted by molar-refractivity contribution is 8.01. The fraction of sp³-hybridized carbons (Fsp3) is 0.333. The zero-order valence-corrected chi connectivity index (χ0v) is 17.6. The van der Waals surface area contributed by atoms with E-state index in [1.807, 2.05) is 29.6 Å².